The van der Waals surface area contributed by atoms with Crippen molar-refractivity contribution in [2.24, 2.45) is 7.05 Å². The Bertz CT molecular complexity index is 607. The number of carbonyl (C=O) groups is 1. The number of carbonyl (C=O) groups excluding carboxylic acids is 1. The van der Waals surface area contributed by atoms with Crippen molar-refractivity contribution < 1.29 is 4.79 Å². The van der Waals surface area contributed by atoms with E-state index in [0.29, 0.717) is 5.82 Å². The molecule has 18 heavy (non-hydrogen) atoms. The molecular weight excluding hydrogens is 254 g/mol. The SMILES string of the molecule is Cc1cc(NC(=O)c2cc(N)ncc2Cl)n(C)n1. The van der Waals surface area contributed by atoms with Crippen molar-refractivity contribution in [3.8, 4) is 0 Å². The lowest BCUT2D eigenvalue weighted by atomic mass is 10.2. The minimum Gasteiger partial charge on any atom is -0.384 e. The predicted molar refractivity (Wildman–Crippen MR) is 69.6 cm³/mol. The van der Waals surface area contributed by atoms with Crippen LogP contribution in [0.25, 0.3) is 0 Å². The van der Waals surface area contributed by atoms with E-state index in [2.05, 4.69) is 15.4 Å². The summed E-state index contributed by atoms with van der Waals surface area (Å²) in [6, 6.07) is 3.19. The molecule has 1 amide bonds. The van der Waals surface area contributed by atoms with E-state index in [-0.39, 0.29) is 22.3 Å². The molecule has 0 atom stereocenters. The van der Waals surface area contributed by atoms with Gasteiger partial charge in [-0.25, -0.2) is 4.98 Å². The van der Waals surface area contributed by atoms with Crippen molar-refractivity contribution >= 4 is 29.1 Å². The fraction of sp³-hybridized carbons (Fsp3) is 0.182. The van der Waals surface area contributed by atoms with Crippen LogP contribution in [0.5, 0.6) is 0 Å². The summed E-state index contributed by atoms with van der Waals surface area (Å²) in [6.45, 7) is 1.84. The minimum atomic E-state index is -0.350. The summed E-state index contributed by atoms with van der Waals surface area (Å²) in [6.07, 6.45) is 1.35. The Morgan fingerprint density at radius 1 is 1.50 bits per heavy atom. The second-order valence-corrected chi connectivity index (χ2v) is 4.24. The van der Waals surface area contributed by atoms with Crippen LogP contribution in [0.4, 0.5) is 11.6 Å². The molecule has 0 spiro atoms. The van der Waals surface area contributed by atoms with Gasteiger partial charge in [-0.3, -0.25) is 9.48 Å². The lowest BCUT2D eigenvalue weighted by Crippen LogP contribution is -2.15. The predicted octanol–water partition coefficient (Wildman–Crippen LogP) is 1.61. The third-order valence-electron chi connectivity index (χ3n) is 2.36. The number of nitrogens with two attached hydrogens (primary N) is 1. The van der Waals surface area contributed by atoms with Crippen LogP contribution < -0.4 is 11.1 Å². The van der Waals surface area contributed by atoms with Crippen molar-refractivity contribution in [1.82, 2.24) is 14.8 Å². The van der Waals surface area contributed by atoms with E-state index in [0.717, 1.165) is 5.69 Å². The monoisotopic (exact) mass is 265 g/mol. The summed E-state index contributed by atoms with van der Waals surface area (Å²) < 4.78 is 1.58. The summed E-state index contributed by atoms with van der Waals surface area (Å²) in [7, 11) is 1.74. The highest BCUT2D eigenvalue weighted by molar-refractivity contribution is 6.34. The van der Waals surface area contributed by atoms with Crippen molar-refractivity contribution in [3.63, 3.8) is 0 Å². The van der Waals surface area contributed by atoms with E-state index in [1.54, 1.807) is 17.8 Å². The van der Waals surface area contributed by atoms with Crippen LogP contribution in [0.1, 0.15) is 16.1 Å². The second-order valence-electron chi connectivity index (χ2n) is 3.84. The van der Waals surface area contributed by atoms with Crippen molar-refractivity contribution in [2.75, 3.05) is 11.1 Å². The van der Waals surface area contributed by atoms with E-state index >= 15 is 0 Å². The number of nitrogen functional groups attached to an aromatic ring is 1. The average molecular weight is 266 g/mol. The van der Waals surface area contributed by atoms with E-state index in [4.69, 9.17) is 17.3 Å². The number of pyridine rings is 1. The molecule has 0 aliphatic heterocycles. The maximum atomic E-state index is 12.0. The fourth-order valence-electron chi connectivity index (χ4n) is 1.54. The number of hydrogen-bond donors (Lipinski definition) is 2. The number of aryl methyl sites for hydroxylation is 2. The minimum absolute atomic E-state index is 0.241. The summed E-state index contributed by atoms with van der Waals surface area (Å²) in [5, 5.41) is 7.09. The lowest BCUT2D eigenvalue weighted by molar-refractivity contribution is 0.102. The molecule has 0 fully saturated rings. The number of halogens is 1. The van der Waals surface area contributed by atoms with E-state index in [9.17, 15) is 4.79 Å². The molecule has 0 aliphatic rings. The largest absolute Gasteiger partial charge is 0.384 e. The molecule has 94 valence electrons. The smallest absolute Gasteiger partial charge is 0.258 e. The van der Waals surface area contributed by atoms with Gasteiger partial charge >= 0.3 is 0 Å². The van der Waals surface area contributed by atoms with Gasteiger partial charge in [0.25, 0.3) is 5.91 Å². The molecule has 2 aromatic heterocycles. The molecule has 0 aromatic carbocycles. The topological polar surface area (TPSA) is 85.8 Å². The number of rotatable bonds is 2. The highest BCUT2D eigenvalue weighted by atomic mass is 35.5. The summed E-state index contributed by atoms with van der Waals surface area (Å²) in [5.41, 5.74) is 6.62. The molecule has 0 saturated carbocycles. The Hall–Kier alpha value is -2.08. The van der Waals surface area contributed by atoms with Crippen LogP contribution in [0.2, 0.25) is 5.02 Å². The molecule has 3 N–H and O–H groups in total. The van der Waals surface area contributed by atoms with Crippen LogP contribution >= 0.6 is 11.6 Å². The Morgan fingerprint density at radius 2 is 2.22 bits per heavy atom. The van der Waals surface area contributed by atoms with Gasteiger partial charge in [-0.1, -0.05) is 11.6 Å². The van der Waals surface area contributed by atoms with Gasteiger partial charge in [0.1, 0.15) is 11.6 Å². The van der Waals surface area contributed by atoms with Gasteiger partial charge in [-0.15, -0.1) is 0 Å². The highest BCUT2D eigenvalue weighted by Gasteiger charge is 2.13. The van der Waals surface area contributed by atoms with Crippen LogP contribution in [-0.2, 0) is 7.05 Å². The molecule has 2 aromatic rings. The quantitative estimate of drug-likeness (QED) is 0.864. The van der Waals surface area contributed by atoms with Gasteiger partial charge < -0.3 is 11.1 Å². The van der Waals surface area contributed by atoms with Gasteiger partial charge in [0.05, 0.1) is 16.3 Å². The number of hydrogen-bond acceptors (Lipinski definition) is 4. The van der Waals surface area contributed by atoms with Crippen molar-refractivity contribution in [2.45, 2.75) is 6.92 Å². The standard InChI is InChI=1S/C11H12ClN5O/c1-6-3-10(17(2)16-6)15-11(18)7-4-9(13)14-5-8(7)12/h3-5H,1-2H3,(H2,13,14)(H,15,18). The summed E-state index contributed by atoms with van der Waals surface area (Å²) >= 11 is 5.90. The van der Waals surface area contributed by atoms with E-state index in [1.807, 2.05) is 6.92 Å². The van der Waals surface area contributed by atoms with E-state index < -0.39 is 0 Å². The first-order chi connectivity index (χ1) is 8.47. The Kier molecular flexibility index (Phi) is 3.20. The third kappa shape index (κ3) is 2.43. The van der Waals surface area contributed by atoms with Gasteiger partial charge in [-0.2, -0.15) is 5.10 Å². The fourth-order valence-corrected chi connectivity index (χ4v) is 1.73. The van der Waals surface area contributed by atoms with Crippen LogP contribution in [0, 0.1) is 6.92 Å². The first-order valence-corrected chi connectivity index (χ1v) is 5.58. The summed E-state index contributed by atoms with van der Waals surface area (Å²) in [5.74, 6) is 0.479. The van der Waals surface area contributed by atoms with Gasteiger partial charge in [0, 0.05) is 19.3 Å². The van der Waals surface area contributed by atoms with Crippen LogP contribution in [-0.4, -0.2) is 20.7 Å². The van der Waals surface area contributed by atoms with E-state index in [1.165, 1.54) is 12.3 Å². The zero-order valence-corrected chi connectivity index (χ0v) is 10.7. The third-order valence-corrected chi connectivity index (χ3v) is 2.67. The number of amides is 1. The number of anilines is 2. The van der Waals surface area contributed by atoms with Gasteiger partial charge in [0.15, 0.2) is 0 Å². The first-order valence-electron chi connectivity index (χ1n) is 5.20. The van der Waals surface area contributed by atoms with Crippen LogP contribution in [0.15, 0.2) is 18.3 Å². The number of nitrogens with zero attached hydrogens (tertiary/aromatic N) is 3. The molecule has 6 nitrogen and oxygen atoms in total. The average Bonchev–Trinajstić information content (AvgIpc) is 2.61. The number of nitrogens with one attached hydrogen (secondary N) is 1. The molecule has 2 rings (SSSR count). The molecular formula is C11H12ClN5O. The lowest BCUT2D eigenvalue weighted by Gasteiger charge is -2.06. The summed E-state index contributed by atoms with van der Waals surface area (Å²) in [4.78, 5) is 15.8. The zero-order chi connectivity index (χ0) is 13.3. The molecule has 0 aliphatic carbocycles. The molecule has 0 unspecified atom stereocenters. The van der Waals surface area contributed by atoms with Gasteiger partial charge in [0.2, 0.25) is 0 Å². The molecule has 0 saturated heterocycles. The van der Waals surface area contributed by atoms with Gasteiger partial charge in [-0.05, 0) is 13.0 Å². The Balaban J connectivity index is 2.27. The maximum absolute atomic E-state index is 12.0. The van der Waals surface area contributed by atoms with Crippen LogP contribution in [0.3, 0.4) is 0 Å². The van der Waals surface area contributed by atoms with Crippen molar-refractivity contribution in [3.05, 3.63) is 34.6 Å². The highest BCUT2D eigenvalue weighted by Crippen LogP contribution is 2.18. The Labute approximate surface area is 109 Å². The maximum Gasteiger partial charge on any atom is 0.258 e. The second kappa shape index (κ2) is 4.66. The Morgan fingerprint density at radius 3 is 2.83 bits per heavy atom. The molecule has 0 bridgehead atoms. The molecule has 7 heteroatoms. The molecule has 0 radical (unpaired) electrons. The molecule has 2 heterocycles. The zero-order valence-electron chi connectivity index (χ0n) is 9.94. The normalized spacial score (nSPS) is 10.4. The van der Waals surface area contributed by atoms with Crippen molar-refractivity contribution in [1.29, 1.82) is 0 Å². The number of aromatic nitrogens is 3. The first kappa shape index (κ1) is 12.4.